The number of carbonyl (C=O) groups is 2. The molecular formula is C21H25ClN2O4. The molecule has 3 atom stereocenters. The molecule has 0 saturated heterocycles. The average molecular weight is 405 g/mol. The third kappa shape index (κ3) is 6.58. The van der Waals surface area contributed by atoms with Gasteiger partial charge in [0.1, 0.15) is 6.04 Å². The van der Waals surface area contributed by atoms with Crippen LogP contribution in [0.2, 0.25) is 0 Å². The molecule has 1 fully saturated rings. The Morgan fingerprint density at radius 2 is 1.96 bits per heavy atom. The Labute approximate surface area is 171 Å². The maximum absolute atomic E-state index is 12.4. The van der Waals surface area contributed by atoms with Gasteiger partial charge in [-0.1, -0.05) is 11.8 Å². The second-order valence-electron chi connectivity index (χ2n) is 7.13. The van der Waals surface area contributed by atoms with Crippen LogP contribution in [0.1, 0.15) is 36.2 Å². The molecule has 4 N–H and O–H groups in total. The zero-order valence-electron chi connectivity index (χ0n) is 16.1. The van der Waals surface area contributed by atoms with Crippen molar-refractivity contribution in [2.24, 2.45) is 17.6 Å². The summed E-state index contributed by atoms with van der Waals surface area (Å²) in [5.74, 6) is 11.0. The average Bonchev–Trinajstić information content (AvgIpc) is 3.40. The number of esters is 1. The van der Waals surface area contributed by atoms with E-state index in [2.05, 4.69) is 29.0 Å². The van der Waals surface area contributed by atoms with Gasteiger partial charge >= 0.3 is 5.97 Å². The molecule has 0 bridgehead atoms. The van der Waals surface area contributed by atoms with Crippen molar-refractivity contribution in [3.8, 4) is 23.7 Å². The minimum Gasteiger partial charge on any atom is -0.467 e. The van der Waals surface area contributed by atoms with Gasteiger partial charge in [-0.3, -0.25) is 4.79 Å². The highest BCUT2D eigenvalue weighted by Crippen LogP contribution is 2.36. The first-order valence-electron chi connectivity index (χ1n) is 8.66. The van der Waals surface area contributed by atoms with Gasteiger partial charge in [0, 0.05) is 29.2 Å². The number of nitrogens with two attached hydrogens (primary N) is 1. The highest BCUT2D eigenvalue weighted by Gasteiger charge is 2.35. The van der Waals surface area contributed by atoms with Crippen LogP contribution >= 0.6 is 12.4 Å². The SMILES string of the molecule is COC(=O)C(NC(=O)c1ccc(C#CC#C[C@H]2C[C@@H]2CO)cc1)C(C)(C)N.Cl. The van der Waals surface area contributed by atoms with Crippen LogP contribution in [-0.2, 0) is 9.53 Å². The topological polar surface area (TPSA) is 102 Å². The number of ether oxygens (including phenoxy) is 1. The molecule has 1 aromatic rings. The van der Waals surface area contributed by atoms with Crippen LogP contribution in [0.15, 0.2) is 24.3 Å². The summed E-state index contributed by atoms with van der Waals surface area (Å²) >= 11 is 0. The number of halogens is 1. The minimum absolute atomic E-state index is 0. The van der Waals surface area contributed by atoms with Gasteiger partial charge in [0.25, 0.3) is 5.91 Å². The lowest BCUT2D eigenvalue weighted by Gasteiger charge is -2.28. The maximum Gasteiger partial charge on any atom is 0.330 e. The smallest absolute Gasteiger partial charge is 0.330 e. The van der Waals surface area contributed by atoms with Gasteiger partial charge in [-0.2, -0.15) is 0 Å². The molecule has 0 spiro atoms. The predicted molar refractivity (Wildman–Crippen MR) is 109 cm³/mol. The summed E-state index contributed by atoms with van der Waals surface area (Å²) in [5.41, 5.74) is 6.09. The Hall–Kier alpha value is -2.51. The van der Waals surface area contributed by atoms with Gasteiger partial charge in [-0.25, -0.2) is 4.79 Å². The van der Waals surface area contributed by atoms with Crippen molar-refractivity contribution in [1.29, 1.82) is 0 Å². The van der Waals surface area contributed by atoms with Crippen molar-refractivity contribution in [1.82, 2.24) is 5.32 Å². The highest BCUT2D eigenvalue weighted by molar-refractivity contribution is 5.97. The van der Waals surface area contributed by atoms with Crippen LogP contribution in [0.5, 0.6) is 0 Å². The molecule has 0 aliphatic heterocycles. The summed E-state index contributed by atoms with van der Waals surface area (Å²) in [6, 6.07) is 5.69. The largest absolute Gasteiger partial charge is 0.467 e. The fraction of sp³-hybridized carbons (Fsp3) is 0.429. The Kier molecular flexibility index (Phi) is 8.53. The van der Waals surface area contributed by atoms with Crippen molar-refractivity contribution in [3.63, 3.8) is 0 Å². The molecule has 6 nitrogen and oxygen atoms in total. The molecule has 0 heterocycles. The molecule has 150 valence electrons. The first kappa shape index (κ1) is 23.5. The van der Waals surface area contributed by atoms with E-state index in [1.54, 1.807) is 38.1 Å². The molecule has 0 radical (unpaired) electrons. The van der Waals surface area contributed by atoms with E-state index in [0.717, 1.165) is 12.0 Å². The van der Waals surface area contributed by atoms with E-state index >= 15 is 0 Å². The molecule has 7 heteroatoms. The van der Waals surface area contributed by atoms with Crippen molar-refractivity contribution in [3.05, 3.63) is 35.4 Å². The Morgan fingerprint density at radius 3 is 2.46 bits per heavy atom. The number of hydrogen-bond acceptors (Lipinski definition) is 5. The quantitative estimate of drug-likeness (QED) is 0.504. The van der Waals surface area contributed by atoms with E-state index in [0.29, 0.717) is 11.5 Å². The number of benzene rings is 1. The number of nitrogens with one attached hydrogen (secondary N) is 1. The second kappa shape index (κ2) is 10.1. The van der Waals surface area contributed by atoms with Crippen molar-refractivity contribution < 1.29 is 19.4 Å². The van der Waals surface area contributed by atoms with E-state index in [9.17, 15) is 9.59 Å². The molecule has 1 aromatic carbocycles. The maximum atomic E-state index is 12.4. The number of amides is 1. The minimum atomic E-state index is -0.969. The fourth-order valence-electron chi connectivity index (χ4n) is 2.44. The Morgan fingerprint density at radius 1 is 1.32 bits per heavy atom. The Bertz CT molecular complexity index is 822. The van der Waals surface area contributed by atoms with Crippen LogP contribution in [0.25, 0.3) is 0 Å². The number of rotatable bonds is 5. The molecule has 1 aliphatic rings. The molecule has 1 unspecified atom stereocenters. The first-order valence-corrected chi connectivity index (χ1v) is 8.66. The summed E-state index contributed by atoms with van der Waals surface area (Å²) in [7, 11) is 1.25. The van der Waals surface area contributed by atoms with E-state index in [1.165, 1.54) is 7.11 Å². The van der Waals surface area contributed by atoms with Crippen LogP contribution in [0, 0.1) is 35.5 Å². The molecule has 2 rings (SSSR count). The predicted octanol–water partition coefficient (Wildman–Crippen LogP) is 1.10. The van der Waals surface area contributed by atoms with Gasteiger partial charge in [0.15, 0.2) is 0 Å². The van der Waals surface area contributed by atoms with Crippen molar-refractivity contribution >= 4 is 24.3 Å². The summed E-state index contributed by atoms with van der Waals surface area (Å²) < 4.78 is 4.71. The van der Waals surface area contributed by atoms with Gasteiger partial charge in [0.2, 0.25) is 0 Å². The highest BCUT2D eigenvalue weighted by atomic mass is 35.5. The number of hydrogen-bond donors (Lipinski definition) is 3. The lowest BCUT2D eigenvalue weighted by Crippen LogP contribution is -2.59. The second-order valence-corrected chi connectivity index (χ2v) is 7.13. The lowest BCUT2D eigenvalue weighted by molar-refractivity contribution is -0.144. The van der Waals surface area contributed by atoms with Crippen LogP contribution < -0.4 is 11.1 Å². The monoisotopic (exact) mass is 404 g/mol. The third-order valence-electron chi connectivity index (χ3n) is 4.29. The normalized spacial score (nSPS) is 18.2. The van der Waals surface area contributed by atoms with Crippen molar-refractivity contribution in [2.45, 2.75) is 31.8 Å². The van der Waals surface area contributed by atoms with Gasteiger partial charge in [-0.15, -0.1) is 12.4 Å². The molecule has 1 amide bonds. The van der Waals surface area contributed by atoms with Gasteiger partial charge in [-0.05, 0) is 62.3 Å². The number of aliphatic hydroxyl groups is 1. The molecule has 1 aliphatic carbocycles. The van der Waals surface area contributed by atoms with Crippen molar-refractivity contribution in [2.75, 3.05) is 13.7 Å². The summed E-state index contributed by atoms with van der Waals surface area (Å²) in [5, 5.41) is 11.6. The number of carbonyl (C=O) groups excluding carboxylic acids is 2. The van der Waals surface area contributed by atoms with Crippen LogP contribution in [-0.4, -0.2) is 42.3 Å². The fourth-order valence-corrected chi connectivity index (χ4v) is 2.44. The van der Waals surface area contributed by atoms with Gasteiger partial charge < -0.3 is 20.9 Å². The van der Waals surface area contributed by atoms with E-state index in [4.69, 9.17) is 15.6 Å². The van der Waals surface area contributed by atoms with Crippen LogP contribution in [0.3, 0.4) is 0 Å². The summed E-state index contributed by atoms with van der Waals surface area (Å²) in [6.45, 7) is 3.45. The summed E-state index contributed by atoms with van der Waals surface area (Å²) in [6.07, 6.45) is 0.932. The molecule has 0 aromatic heterocycles. The number of methoxy groups -OCH3 is 1. The Balaban J connectivity index is 0.00000392. The van der Waals surface area contributed by atoms with Crippen LogP contribution in [0.4, 0.5) is 0 Å². The zero-order valence-corrected chi connectivity index (χ0v) is 16.9. The third-order valence-corrected chi connectivity index (χ3v) is 4.29. The van der Waals surface area contributed by atoms with E-state index < -0.39 is 23.5 Å². The molecular weight excluding hydrogens is 380 g/mol. The van der Waals surface area contributed by atoms with E-state index in [-0.39, 0.29) is 24.9 Å². The lowest BCUT2D eigenvalue weighted by atomic mass is 9.95. The summed E-state index contributed by atoms with van der Waals surface area (Å²) in [4.78, 5) is 24.2. The first-order chi connectivity index (χ1) is 12.8. The standard InChI is InChI=1S/C21H24N2O4.ClH/c1-21(2,22)18(20(26)27-3)23-19(25)15-10-8-14(9-11-15)6-4-5-7-16-12-17(16)13-24;/h8-11,16-18,24H,12-13,22H2,1-3H3,(H,23,25);1H/t16-,17+,18?;/m0./s1. The molecule has 1 saturated carbocycles. The van der Waals surface area contributed by atoms with Gasteiger partial charge in [0.05, 0.1) is 7.11 Å². The van der Waals surface area contributed by atoms with E-state index in [1.807, 2.05) is 0 Å². The number of aliphatic hydroxyl groups excluding tert-OH is 1. The molecule has 28 heavy (non-hydrogen) atoms. The zero-order chi connectivity index (χ0) is 20.0.